The predicted molar refractivity (Wildman–Crippen MR) is 120 cm³/mol. The Morgan fingerprint density at radius 2 is 2.00 bits per heavy atom. The van der Waals surface area contributed by atoms with Gasteiger partial charge in [-0.15, -0.1) is 0 Å². The Balaban J connectivity index is 2.29. The zero-order chi connectivity index (χ0) is 23.2. The third-order valence-corrected chi connectivity index (χ3v) is 4.26. The largest absolute Gasteiger partial charge is 0.496 e. The lowest BCUT2D eigenvalue weighted by Crippen LogP contribution is -2.46. The van der Waals surface area contributed by atoms with E-state index in [1.54, 1.807) is 45.2 Å². The molecule has 0 aliphatic heterocycles. The van der Waals surface area contributed by atoms with Crippen molar-refractivity contribution in [1.82, 2.24) is 10.3 Å². The molecule has 0 saturated carbocycles. The van der Waals surface area contributed by atoms with E-state index in [-0.39, 0.29) is 11.8 Å². The fourth-order valence-corrected chi connectivity index (χ4v) is 2.96. The SMILES string of the molecule is C=Cc1cc(-c2cnco2)c(OC)cc1NC(=O)[C@@H](CC(C)C)NC(=O)OC(C)(C)C. The molecule has 1 heterocycles. The molecule has 31 heavy (non-hydrogen) atoms. The highest BCUT2D eigenvalue weighted by molar-refractivity contribution is 5.99. The summed E-state index contributed by atoms with van der Waals surface area (Å²) in [5.74, 6) is 0.838. The minimum Gasteiger partial charge on any atom is -0.496 e. The molecular weight excluding hydrogens is 398 g/mol. The van der Waals surface area contributed by atoms with Crippen molar-refractivity contribution in [2.24, 2.45) is 5.92 Å². The molecule has 1 aromatic carbocycles. The van der Waals surface area contributed by atoms with Crippen LogP contribution in [0.4, 0.5) is 10.5 Å². The molecule has 2 rings (SSSR count). The fourth-order valence-electron chi connectivity index (χ4n) is 2.96. The summed E-state index contributed by atoms with van der Waals surface area (Å²) in [5, 5.41) is 5.55. The maximum absolute atomic E-state index is 13.0. The first-order chi connectivity index (χ1) is 14.5. The predicted octanol–water partition coefficient (Wildman–Crippen LogP) is 4.87. The molecule has 2 N–H and O–H groups in total. The van der Waals surface area contributed by atoms with E-state index in [1.165, 1.54) is 13.5 Å². The number of benzene rings is 1. The first-order valence-corrected chi connectivity index (χ1v) is 10.1. The first kappa shape index (κ1) is 24.0. The van der Waals surface area contributed by atoms with Crippen molar-refractivity contribution in [1.29, 1.82) is 0 Å². The quantitative estimate of drug-likeness (QED) is 0.620. The Bertz CT molecular complexity index is 914. The monoisotopic (exact) mass is 429 g/mol. The summed E-state index contributed by atoms with van der Waals surface area (Å²) >= 11 is 0. The van der Waals surface area contributed by atoms with Gasteiger partial charge >= 0.3 is 6.09 Å². The number of carbonyl (C=O) groups is 2. The van der Waals surface area contributed by atoms with Crippen LogP contribution in [0.25, 0.3) is 17.4 Å². The van der Waals surface area contributed by atoms with Crippen LogP contribution < -0.4 is 15.4 Å². The van der Waals surface area contributed by atoms with E-state index in [1.807, 2.05) is 13.8 Å². The molecule has 0 aliphatic rings. The van der Waals surface area contributed by atoms with Gasteiger partial charge in [-0.3, -0.25) is 4.79 Å². The molecule has 0 bridgehead atoms. The maximum Gasteiger partial charge on any atom is 0.408 e. The van der Waals surface area contributed by atoms with Crippen LogP contribution >= 0.6 is 0 Å². The Labute approximate surface area is 183 Å². The molecule has 2 amide bonds. The van der Waals surface area contributed by atoms with E-state index in [0.29, 0.717) is 34.7 Å². The van der Waals surface area contributed by atoms with Crippen molar-refractivity contribution in [2.45, 2.75) is 52.7 Å². The Kier molecular flexibility index (Phi) is 7.85. The van der Waals surface area contributed by atoms with Gasteiger partial charge in [0.2, 0.25) is 5.91 Å². The first-order valence-electron chi connectivity index (χ1n) is 10.1. The highest BCUT2D eigenvalue weighted by Gasteiger charge is 2.26. The molecule has 1 atom stereocenters. The van der Waals surface area contributed by atoms with Gasteiger partial charge in [-0.05, 0) is 44.7 Å². The highest BCUT2D eigenvalue weighted by Crippen LogP contribution is 2.35. The maximum atomic E-state index is 13.0. The van der Waals surface area contributed by atoms with Gasteiger partial charge in [0.05, 0.1) is 24.6 Å². The molecule has 1 aromatic heterocycles. The van der Waals surface area contributed by atoms with Crippen LogP contribution in [-0.2, 0) is 9.53 Å². The van der Waals surface area contributed by atoms with Crippen LogP contribution in [0.5, 0.6) is 5.75 Å². The lowest BCUT2D eigenvalue weighted by atomic mass is 10.0. The van der Waals surface area contributed by atoms with Crippen molar-refractivity contribution in [3.63, 3.8) is 0 Å². The number of aromatic nitrogens is 1. The smallest absolute Gasteiger partial charge is 0.408 e. The van der Waals surface area contributed by atoms with Gasteiger partial charge in [0.15, 0.2) is 12.2 Å². The van der Waals surface area contributed by atoms with Crippen LogP contribution in [0.1, 0.15) is 46.6 Å². The van der Waals surface area contributed by atoms with Crippen LogP contribution in [0.15, 0.2) is 35.7 Å². The van der Waals surface area contributed by atoms with E-state index in [0.717, 1.165) is 0 Å². The average molecular weight is 430 g/mol. The second kappa shape index (κ2) is 10.1. The third kappa shape index (κ3) is 6.87. The molecule has 0 fully saturated rings. The molecule has 0 unspecified atom stereocenters. The fraction of sp³-hybridized carbons (Fsp3) is 0.435. The van der Waals surface area contributed by atoms with Crippen molar-refractivity contribution >= 4 is 23.8 Å². The number of hydrogen-bond donors (Lipinski definition) is 2. The number of ether oxygens (including phenoxy) is 2. The Morgan fingerprint density at radius 1 is 1.29 bits per heavy atom. The number of amides is 2. The zero-order valence-electron chi connectivity index (χ0n) is 18.9. The van der Waals surface area contributed by atoms with Gasteiger partial charge in [-0.25, -0.2) is 9.78 Å². The van der Waals surface area contributed by atoms with E-state index < -0.39 is 17.7 Å². The summed E-state index contributed by atoms with van der Waals surface area (Å²) in [6.07, 6.45) is 4.33. The molecule has 8 nitrogen and oxygen atoms in total. The van der Waals surface area contributed by atoms with Gasteiger partial charge < -0.3 is 24.5 Å². The number of carbonyl (C=O) groups excluding carboxylic acids is 2. The molecule has 8 heteroatoms. The van der Waals surface area contributed by atoms with Gasteiger partial charge in [0, 0.05) is 6.07 Å². The normalized spacial score (nSPS) is 12.2. The molecular formula is C23H31N3O5. The number of oxazole rings is 1. The number of nitrogens with zero attached hydrogens (tertiary/aromatic N) is 1. The minimum absolute atomic E-state index is 0.174. The Hall–Kier alpha value is -3.29. The summed E-state index contributed by atoms with van der Waals surface area (Å²) in [6.45, 7) is 13.1. The second-order valence-electron chi connectivity index (χ2n) is 8.53. The number of anilines is 1. The lowest BCUT2D eigenvalue weighted by molar-refractivity contribution is -0.118. The van der Waals surface area contributed by atoms with Crippen molar-refractivity contribution in [2.75, 3.05) is 12.4 Å². The lowest BCUT2D eigenvalue weighted by Gasteiger charge is -2.24. The molecule has 0 spiro atoms. The summed E-state index contributed by atoms with van der Waals surface area (Å²) < 4.78 is 16.2. The van der Waals surface area contributed by atoms with E-state index in [2.05, 4.69) is 22.2 Å². The van der Waals surface area contributed by atoms with Crippen LogP contribution in [0.2, 0.25) is 0 Å². The summed E-state index contributed by atoms with van der Waals surface area (Å²) in [6, 6.07) is 2.71. The molecule has 0 saturated heterocycles. The van der Waals surface area contributed by atoms with Gasteiger partial charge in [0.1, 0.15) is 17.4 Å². The third-order valence-electron chi connectivity index (χ3n) is 4.26. The number of nitrogens with one attached hydrogen (secondary N) is 2. The van der Waals surface area contributed by atoms with Crippen LogP contribution in [0, 0.1) is 5.92 Å². The topological polar surface area (TPSA) is 103 Å². The van der Waals surface area contributed by atoms with Crippen molar-refractivity contribution in [3.8, 4) is 17.1 Å². The van der Waals surface area contributed by atoms with E-state index in [9.17, 15) is 9.59 Å². The average Bonchev–Trinajstić information content (AvgIpc) is 3.19. The van der Waals surface area contributed by atoms with Crippen molar-refractivity contribution < 1.29 is 23.5 Å². The van der Waals surface area contributed by atoms with Gasteiger partial charge in [0.25, 0.3) is 0 Å². The summed E-state index contributed by atoms with van der Waals surface area (Å²) in [4.78, 5) is 29.2. The van der Waals surface area contributed by atoms with E-state index in [4.69, 9.17) is 13.9 Å². The van der Waals surface area contributed by atoms with Gasteiger partial charge in [-0.1, -0.05) is 26.5 Å². The summed E-state index contributed by atoms with van der Waals surface area (Å²) in [5.41, 5.74) is 1.18. The van der Waals surface area contributed by atoms with Crippen molar-refractivity contribution in [3.05, 3.63) is 36.9 Å². The number of rotatable bonds is 8. The number of alkyl carbamates (subject to hydrolysis) is 1. The number of methoxy groups -OCH3 is 1. The standard InChI is InChI=1S/C23H31N3O5/c1-8-15-10-16(20-12-24-13-30-20)19(29-7)11-17(15)25-21(27)18(9-14(2)3)26-22(28)31-23(4,5)6/h8,10-14,18H,1,9H2,2-7H3,(H,25,27)(H,26,28)/t18-/m1/s1. The summed E-state index contributed by atoms with van der Waals surface area (Å²) in [7, 11) is 1.53. The van der Waals surface area contributed by atoms with Gasteiger partial charge in [-0.2, -0.15) is 0 Å². The molecule has 0 aliphatic carbocycles. The second-order valence-corrected chi connectivity index (χ2v) is 8.53. The Morgan fingerprint density at radius 3 is 2.52 bits per heavy atom. The molecule has 168 valence electrons. The minimum atomic E-state index is -0.771. The highest BCUT2D eigenvalue weighted by atomic mass is 16.6. The molecule has 0 radical (unpaired) electrons. The zero-order valence-corrected chi connectivity index (χ0v) is 18.9. The van der Waals surface area contributed by atoms with Crippen LogP contribution in [0.3, 0.4) is 0 Å². The molecule has 2 aromatic rings. The van der Waals surface area contributed by atoms with E-state index >= 15 is 0 Å². The number of hydrogen-bond acceptors (Lipinski definition) is 6. The van der Waals surface area contributed by atoms with Crippen LogP contribution in [-0.4, -0.2) is 35.7 Å².